The number of carbonyl (C=O) groups excluding carboxylic acids is 1. The molecule has 0 atom stereocenters. The number of amides is 1. The maximum Gasteiger partial charge on any atom is 0.250 e. The summed E-state index contributed by atoms with van der Waals surface area (Å²) < 4.78 is 28.5. The highest BCUT2D eigenvalue weighted by Gasteiger charge is 2.32. The highest BCUT2D eigenvalue weighted by Crippen LogP contribution is 2.30. The molecule has 4 aromatic carbocycles. The molecule has 1 fully saturated rings. The number of hydrogen-bond donors (Lipinski definition) is 2. The molecule has 1 saturated heterocycles. The number of thiocarbonyl (C=S) groups is 1. The van der Waals surface area contributed by atoms with Crippen LogP contribution in [0.15, 0.2) is 120 Å². The van der Waals surface area contributed by atoms with Gasteiger partial charge < -0.3 is 5.32 Å². The molecule has 1 amide bonds. The molecular formula is C33H31ClN4O3S2. The summed E-state index contributed by atoms with van der Waals surface area (Å²) in [6, 6.07) is 34.2. The fraction of sp³-hybridized carbons (Fsp3) is 0.152. The van der Waals surface area contributed by atoms with E-state index in [1.165, 1.54) is 21.5 Å². The van der Waals surface area contributed by atoms with Gasteiger partial charge in [-0.25, -0.2) is 8.42 Å². The molecule has 4 aromatic rings. The van der Waals surface area contributed by atoms with Gasteiger partial charge in [-0.3, -0.25) is 15.0 Å². The number of carbonyl (C=O) groups is 1. The molecule has 43 heavy (non-hydrogen) atoms. The number of halogens is 1. The molecule has 7 nitrogen and oxygen atoms in total. The molecule has 1 aliphatic rings. The third-order valence-electron chi connectivity index (χ3n) is 7.18. The first-order valence-corrected chi connectivity index (χ1v) is 16.0. The van der Waals surface area contributed by atoms with Gasteiger partial charge in [-0.1, -0.05) is 90.5 Å². The van der Waals surface area contributed by atoms with E-state index in [0.29, 0.717) is 42.5 Å². The lowest BCUT2D eigenvalue weighted by Gasteiger charge is -2.39. The highest BCUT2D eigenvalue weighted by atomic mass is 35.5. The summed E-state index contributed by atoms with van der Waals surface area (Å²) in [4.78, 5) is 14.8. The Morgan fingerprint density at radius 3 is 1.93 bits per heavy atom. The molecule has 5 rings (SSSR count). The maximum absolute atomic E-state index is 13.5. The number of nitrogens with zero attached hydrogens (tertiary/aromatic N) is 2. The molecule has 0 aliphatic carbocycles. The lowest BCUT2D eigenvalue weighted by molar-refractivity contribution is -0.115. The first kappa shape index (κ1) is 30.6. The van der Waals surface area contributed by atoms with Crippen molar-refractivity contribution in [2.75, 3.05) is 31.5 Å². The van der Waals surface area contributed by atoms with Crippen LogP contribution in [0.1, 0.15) is 22.7 Å². The largest absolute Gasteiger partial charge is 0.332 e. The number of anilines is 1. The summed E-state index contributed by atoms with van der Waals surface area (Å²) in [6.45, 7) is 1.98. The van der Waals surface area contributed by atoms with Crippen molar-refractivity contribution in [1.82, 2.24) is 14.5 Å². The molecule has 0 radical (unpaired) electrons. The van der Waals surface area contributed by atoms with Crippen LogP contribution in [0.3, 0.4) is 0 Å². The molecule has 0 aromatic heterocycles. The lowest BCUT2D eigenvalue weighted by atomic mass is 9.96. The van der Waals surface area contributed by atoms with Gasteiger partial charge in [0.25, 0.3) is 0 Å². The fourth-order valence-corrected chi connectivity index (χ4v) is 6.88. The third-order valence-corrected chi connectivity index (χ3v) is 9.64. The number of nitrogens with one attached hydrogen (secondary N) is 2. The van der Waals surface area contributed by atoms with Gasteiger partial charge in [0, 0.05) is 43.0 Å². The fourth-order valence-electron chi connectivity index (χ4n) is 5.04. The molecule has 1 heterocycles. The van der Waals surface area contributed by atoms with Gasteiger partial charge in [0.1, 0.15) is 0 Å². The summed E-state index contributed by atoms with van der Waals surface area (Å²) in [5.74, 6) is -0.419. The summed E-state index contributed by atoms with van der Waals surface area (Å²) in [5, 5.41) is 6.11. The van der Waals surface area contributed by atoms with Crippen molar-refractivity contribution in [3.63, 3.8) is 0 Å². The molecule has 220 valence electrons. The number of benzene rings is 4. The minimum atomic E-state index is -3.69. The Hall–Kier alpha value is -3.86. The van der Waals surface area contributed by atoms with Crippen molar-refractivity contribution in [2.45, 2.75) is 10.9 Å². The monoisotopic (exact) mass is 630 g/mol. The quantitative estimate of drug-likeness (QED) is 0.185. The first-order chi connectivity index (χ1) is 20.8. The van der Waals surface area contributed by atoms with E-state index >= 15 is 0 Å². The van der Waals surface area contributed by atoms with Gasteiger partial charge in [0.05, 0.1) is 10.9 Å². The van der Waals surface area contributed by atoms with Gasteiger partial charge >= 0.3 is 0 Å². The van der Waals surface area contributed by atoms with Crippen molar-refractivity contribution < 1.29 is 13.2 Å². The molecule has 0 bridgehead atoms. The normalized spacial score (nSPS) is 14.6. The summed E-state index contributed by atoms with van der Waals surface area (Å²) in [5.41, 5.74) is 3.62. The highest BCUT2D eigenvalue weighted by molar-refractivity contribution is 7.89. The zero-order valence-corrected chi connectivity index (χ0v) is 25.7. The van der Waals surface area contributed by atoms with E-state index in [-0.39, 0.29) is 16.0 Å². The van der Waals surface area contributed by atoms with E-state index in [1.54, 1.807) is 42.5 Å². The predicted octanol–water partition coefficient (Wildman–Crippen LogP) is 5.96. The Morgan fingerprint density at radius 2 is 1.35 bits per heavy atom. The van der Waals surface area contributed by atoms with Crippen LogP contribution in [0.2, 0.25) is 5.02 Å². The summed E-state index contributed by atoms with van der Waals surface area (Å²) >= 11 is 11.4. The predicted molar refractivity (Wildman–Crippen MR) is 176 cm³/mol. The zero-order chi connectivity index (χ0) is 30.2. The SMILES string of the molecule is O=C(/C=C/c1ccccc1Cl)NC(=S)Nc1ccc(S(=O)(=O)N2CCN(C(c3ccccc3)c3ccccc3)CC2)cc1. The van der Waals surface area contributed by atoms with Gasteiger partial charge in [-0.05, 0) is 65.3 Å². The average molecular weight is 631 g/mol. The maximum atomic E-state index is 13.5. The number of rotatable bonds is 8. The second-order valence-electron chi connectivity index (χ2n) is 9.99. The van der Waals surface area contributed by atoms with Crippen molar-refractivity contribution in [3.8, 4) is 0 Å². The molecule has 0 spiro atoms. The standard InChI is InChI=1S/C33H31ClN4O3S2/c34-30-14-8-7-9-25(30)15-20-31(39)36-33(42)35-28-16-18-29(19-17-28)43(40,41)38-23-21-37(22-24-38)32(26-10-3-1-4-11-26)27-12-5-2-6-13-27/h1-20,32H,21-24H2,(H2,35,36,39,42)/b20-15+. The molecule has 0 unspecified atom stereocenters. The van der Waals surface area contributed by atoms with E-state index in [1.807, 2.05) is 48.5 Å². The van der Waals surface area contributed by atoms with Crippen molar-refractivity contribution in [2.24, 2.45) is 0 Å². The smallest absolute Gasteiger partial charge is 0.250 e. The Balaban J connectivity index is 1.18. The number of sulfonamides is 1. The molecule has 1 aliphatic heterocycles. The van der Waals surface area contributed by atoms with E-state index < -0.39 is 15.9 Å². The average Bonchev–Trinajstić information content (AvgIpc) is 3.02. The molecular weight excluding hydrogens is 600 g/mol. The Labute approximate surface area is 262 Å². The summed E-state index contributed by atoms with van der Waals surface area (Å²) in [7, 11) is -3.69. The number of hydrogen-bond acceptors (Lipinski definition) is 5. The zero-order valence-electron chi connectivity index (χ0n) is 23.3. The van der Waals surface area contributed by atoms with Gasteiger partial charge in [-0.2, -0.15) is 4.31 Å². The van der Waals surface area contributed by atoms with E-state index in [9.17, 15) is 13.2 Å². The molecule has 2 N–H and O–H groups in total. The summed E-state index contributed by atoms with van der Waals surface area (Å²) in [6.07, 6.45) is 2.94. The second-order valence-corrected chi connectivity index (χ2v) is 12.7. The van der Waals surface area contributed by atoms with Crippen LogP contribution >= 0.6 is 23.8 Å². The van der Waals surface area contributed by atoms with E-state index in [2.05, 4.69) is 39.8 Å². The van der Waals surface area contributed by atoms with Crippen LogP contribution in [-0.2, 0) is 14.8 Å². The minimum absolute atomic E-state index is 0.0496. The first-order valence-electron chi connectivity index (χ1n) is 13.8. The minimum Gasteiger partial charge on any atom is -0.332 e. The van der Waals surface area contributed by atoms with Crippen LogP contribution in [0, 0.1) is 0 Å². The molecule has 10 heteroatoms. The Morgan fingerprint density at radius 1 is 0.791 bits per heavy atom. The lowest BCUT2D eigenvalue weighted by Crippen LogP contribution is -2.49. The Bertz CT molecular complexity index is 1650. The van der Waals surface area contributed by atoms with Gasteiger partial charge in [-0.15, -0.1) is 0 Å². The van der Waals surface area contributed by atoms with Crippen LogP contribution in [0.25, 0.3) is 6.08 Å². The van der Waals surface area contributed by atoms with E-state index in [0.717, 1.165) is 0 Å². The van der Waals surface area contributed by atoms with Gasteiger partial charge in [0.15, 0.2) is 5.11 Å². The van der Waals surface area contributed by atoms with Crippen molar-refractivity contribution in [3.05, 3.63) is 137 Å². The van der Waals surface area contributed by atoms with Crippen molar-refractivity contribution in [1.29, 1.82) is 0 Å². The topological polar surface area (TPSA) is 81.8 Å². The van der Waals surface area contributed by atoms with Crippen LogP contribution < -0.4 is 10.6 Å². The van der Waals surface area contributed by atoms with Crippen LogP contribution in [0.5, 0.6) is 0 Å². The second kappa shape index (κ2) is 14.1. The Kier molecular flexibility index (Phi) is 10.0. The number of piperazine rings is 1. The van der Waals surface area contributed by atoms with E-state index in [4.69, 9.17) is 23.8 Å². The van der Waals surface area contributed by atoms with Crippen LogP contribution in [-0.4, -0.2) is 54.8 Å². The molecule has 0 saturated carbocycles. The van der Waals surface area contributed by atoms with Crippen molar-refractivity contribution >= 4 is 56.6 Å². The van der Waals surface area contributed by atoms with Gasteiger partial charge in [0.2, 0.25) is 15.9 Å². The third kappa shape index (κ3) is 7.76. The van der Waals surface area contributed by atoms with Crippen LogP contribution in [0.4, 0.5) is 5.69 Å².